The average Bonchev–Trinajstić information content (AvgIpc) is 2.56. The number of hydrogen-bond donors (Lipinski definition) is 1. The molecule has 0 aliphatic carbocycles. The van der Waals surface area contributed by atoms with Crippen LogP contribution in [0, 0.1) is 13.8 Å². The molecule has 0 spiro atoms. The van der Waals surface area contributed by atoms with E-state index in [1.807, 2.05) is 27.0 Å². The Balaban J connectivity index is 2.54. The molecule has 0 aliphatic heterocycles. The van der Waals surface area contributed by atoms with Crippen LogP contribution in [0.25, 0.3) is 0 Å². The summed E-state index contributed by atoms with van der Waals surface area (Å²) in [6, 6.07) is 2.30. The first-order valence-corrected chi connectivity index (χ1v) is 5.90. The summed E-state index contributed by atoms with van der Waals surface area (Å²) in [5.74, 6) is 1.13. The zero-order valence-electron chi connectivity index (χ0n) is 11.0. The first-order chi connectivity index (χ1) is 7.91. The maximum atomic E-state index is 10.4. The zero-order valence-corrected chi connectivity index (χ0v) is 11.0. The Labute approximate surface area is 102 Å². The van der Waals surface area contributed by atoms with E-state index in [2.05, 4.69) is 11.8 Å². The lowest BCUT2D eigenvalue weighted by molar-refractivity contribution is -0.137. The quantitative estimate of drug-likeness (QED) is 0.829. The number of hydrogen-bond acceptors (Lipinski definition) is 3. The maximum Gasteiger partial charge on any atom is 0.303 e. The van der Waals surface area contributed by atoms with Gasteiger partial charge in [0.15, 0.2) is 0 Å². The molecule has 1 heterocycles. The van der Waals surface area contributed by atoms with Crippen LogP contribution >= 0.6 is 0 Å². The second-order valence-corrected chi connectivity index (χ2v) is 4.52. The number of carbonyl (C=O) groups is 1. The van der Waals surface area contributed by atoms with Gasteiger partial charge in [-0.2, -0.15) is 0 Å². The van der Waals surface area contributed by atoms with Gasteiger partial charge >= 0.3 is 5.97 Å². The van der Waals surface area contributed by atoms with Crippen LogP contribution in [0.5, 0.6) is 0 Å². The molecule has 1 N–H and O–H groups in total. The number of aryl methyl sites for hydroxylation is 2. The van der Waals surface area contributed by atoms with Crippen LogP contribution in [0.1, 0.15) is 42.9 Å². The topological polar surface area (TPSA) is 53.7 Å². The minimum absolute atomic E-state index is 0.223. The number of carboxylic acid groups (broad SMARTS) is 1. The van der Waals surface area contributed by atoms with Gasteiger partial charge in [0.2, 0.25) is 0 Å². The van der Waals surface area contributed by atoms with Crippen molar-refractivity contribution in [2.24, 2.45) is 0 Å². The van der Waals surface area contributed by atoms with Crippen LogP contribution in [0.4, 0.5) is 0 Å². The molecule has 4 heteroatoms. The highest BCUT2D eigenvalue weighted by atomic mass is 16.4. The Kier molecular flexibility index (Phi) is 4.75. The van der Waals surface area contributed by atoms with E-state index in [1.54, 1.807) is 0 Å². The lowest BCUT2D eigenvalue weighted by atomic mass is 10.1. The third kappa shape index (κ3) is 3.89. The normalized spacial score (nSPS) is 13.0. The molecule has 0 fully saturated rings. The molecule has 0 saturated heterocycles. The van der Waals surface area contributed by atoms with E-state index < -0.39 is 5.97 Å². The van der Waals surface area contributed by atoms with Gasteiger partial charge in [-0.3, -0.25) is 9.69 Å². The fourth-order valence-electron chi connectivity index (χ4n) is 1.98. The van der Waals surface area contributed by atoms with E-state index in [-0.39, 0.29) is 12.5 Å². The monoisotopic (exact) mass is 239 g/mol. The molecular formula is C13H21NO3. The molecule has 0 aromatic carbocycles. The van der Waals surface area contributed by atoms with Gasteiger partial charge < -0.3 is 9.52 Å². The van der Waals surface area contributed by atoms with Gasteiger partial charge in [0, 0.05) is 18.0 Å². The molecule has 1 rings (SSSR count). The Morgan fingerprint density at radius 2 is 2.18 bits per heavy atom. The highest BCUT2D eigenvalue weighted by Gasteiger charge is 2.16. The standard InChI is InChI=1S/C13H21NO3/c1-9-8-12(11(3)17-9)10(2)14(4)7-5-6-13(15)16/h8,10H,5-7H2,1-4H3,(H,15,16). The fourth-order valence-corrected chi connectivity index (χ4v) is 1.98. The molecule has 0 radical (unpaired) electrons. The molecule has 1 aromatic heterocycles. The van der Waals surface area contributed by atoms with Crippen LogP contribution in [0.3, 0.4) is 0 Å². The van der Waals surface area contributed by atoms with Gasteiger partial charge in [0.25, 0.3) is 0 Å². The van der Waals surface area contributed by atoms with E-state index in [9.17, 15) is 4.79 Å². The number of aliphatic carboxylic acids is 1. The fraction of sp³-hybridized carbons (Fsp3) is 0.615. The van der Waals surface area contributed by atoms with Crippen molar-refractivity contribution >= 4 is 5.97 Å². The molecule has 17 heavy (non-hydrogen) atoms. The van der Waals surface area contributed by atoms with Crippen LogP contribution in [0.2, 0.25) is 0 Å². The van der Waals surface area contributed by atoms with Crippen molar-refractivity contribution in [1.29, 1.82) is 0 Å². The van der Waals surface area contributed by atoms with Gasteiger partial charge in [-0.25, -0.2) is 0 Å². The van der Waals surface area contributed by atoms with Crippen molar-refractivity contribution < 1.29 is 14.3 Å². The summed E-state index contributed by atoms with van der Waals surface area (Å²) in [5.41, 5.74) is 1.18. The summed E-state index contributed by atoms with van der Waals surface area (Å²) in [6.45, 7) is 6.78. The van der Waals surface area contributed by atoms with Crippen molar-refractivity contribution in [2.45, 2.75) is 39.7 Å². The molecule has 0 bridgehead atoms. The maximum absolute atomic E-state index is 10.4. The number of nitrogens with zero attached hydrogens (tertiary/aromatic N) is 1. The van der Waals surface area contributed by atoms with Gasteiger partial charge in [-0.1, -0.05) is 0 Å². The lowest BCUT2D eigenvalue weighted by Gasteiger charge is -2.24. The van der Waals surface area contributed by atoms with E-state index >= 15 is 0 Å². The minimum atomic E-state index is -0.735. The van der Waals surface area contributed by atoms with Crippen LogP contribution in [-0.2, 0) is 4.79 Å². The van der Waals surface area contributed by atoms with E-state index in [0.717, 1.165) is 18.1 Å². The summed E-state index contributed by atoms with van der Waals surface area (Å²) in [6.07, 6.45) is 0.895. The summed E-state index contributed by atoms with van der Waals surface area (Å²) < 4.78 is 5.51. The van der Waals surface area contributed by atoms with Crippen molar-refractivity contribution in [2.75, 3.05) is 13.6 Å². The van der Waals surface area contributed by atoms with Crippen LogP contribution in [-0.4, -0.2) is 29.6 Å². The Morgan fingerprint density at radius 1 is 1.53 bits per heavy atom. The third-order valence-electron chi connectivity index (χ3n) is 3.09. The second kappa shape index (κ2) is 5.87. The molecular weight excluding hydrogens is 218 g/mol. The third-order valence-corrected chi connectivity index (χ3v) is 3.09. The summed E-state index contributed by atoms with van der Waals surface area (Å²) in [7, 11) is 2.01. The molecule has 0 amide bonds. The van der Waals surface area contributed by atoms with E-state index in [0.29, 0.717) is 6.42 Å². The highest BCUT2D eigenvalue weighted by molar-refractivity contribution is 5.66. The van der Waals surface area contributed by atoms with E-state index in [1.165, 1.54) is 5.56 Å². The minimum Gasteiger partial charge on any atom is -0.481 e. The lowest BCUT2D eigenvalue weighted by Crippen LogP contribution is -2.24. The summed E-state index contributed by atoms with van der Waals surface area (Å²) in [5, 5.41) is 8.60. The zero-order chi connectivity index (χ0) is 13.0. The molecule has 96 valence electrons. The predicted octanol–water partition coefficient (Wildman–Crippen LogP) is 2.75. The van der Waals surface area contributed by atoms with Gasteiger partial charge in [0.05, 0.1) is 0 Å². The highest BCUT2D eigenvalue weighted by Crippen LogP contribution is 2.25. The Bertz CT molecular complexity index is 384. The number of rotatable bonds is 6. The Hall–Kier alpha value is -1.29. The molecule has 0 aliphatic rings. The van der Waals surface area contributed by atoms with E-state index in [4.69, 9.17) is 9.52 Å². The summed E-state index contributed by atoms with van der Waals surface area (Å²) >= 11 is 0. The molecule has 1 aromatic rings. The number of carboxylic acids is 1. The summed E-state index contributed by atoms with van der Waals surface area (Å²) in [4.78, 5) is 12.6. The second-order valence-electron chi connectivity index (χ2n) is 4.52. The molecule has 1 atom stereocenters. The number of furan rings is 1. The van der Waals surface area contributed by atoms with Gasteiger partial charge in [-0.15, -0.1) is 0 Å². The van der Waals surface area contributed by atoms with Gasteiger partial charge in [-0.05, 0) is 46.9 Å². The van der Waals surface area contributed by atoms with Crippen LogP contribution < -0.4 is 0 Å². The Morgan fingerprint density at radius 3 is 2.65 bits per heavy atom. The van der Waals surface area contributed by atoms with Crippen molar-refractivity contribution in [3.8, 4) is 0 Å². The molecule has 1 unspecified atom stereocenters. The molecule has 4 nitrogen and oxygen atoms in total. The first-order valence-electron chi connectivity index (χ1n) is 5.90. The smallest absolute Gasteiger partial charge is 0.303 e. The van der Waals surface area contributed by atoms with Crippen molar-refractivity contribution in [1.82, 2.24) is 4.90 Å². The largest absolute Gasteiger partial charge is 0.481 e. The first kappa shape index (κ1) is 13.8. The van der Waals surface area contributed by atoms with Gasteiger partial charge in [0.1, 0.15) is 11.5 Å². The SMILES string of the molecule is Cc1cc(C(C)N(C)CCCC(=O)O)c(C)o1. The van der Waals surface area contributed by atoms with Crippen LogP contribution in [0.15, 0.2) is 10.5 Å². The molecule has 0 saturated carbocycles. The van der Waals surface area contributed by atoms with Crippen molar-refractivity contribution in [3.05, 3.63) is 23.2 Å². The van der Waals surface area contributed by atoms with Crippen molar-refractivity contribution in [3.63, 3.8) is 0 Å². The predicted molar refractivity (Wildman–Crippen MR) is 66.1 cm³/mol. The average molecular weight is 239 g/mol.